The minimum absolute atomic E-state index is 0.0650. The Morgan fingerprint density at radius 2 is 1.65 bits per heavy atom. The van der Waals surface area contributed by atoms with Crippen LogP contribution in [0.2, 0.25) is 0 Å². The summed E-state index contributed by atoms with van der Waals surface area (Å²) in [6.07, 6.45) is -1.54. The van der Waals surface area contributed by atoms with Gasteiger partial charge in [0.1, 0.15) is 10.6 Å². The molecule has 1 N–H and O–H groups in total. The van der Waals surface area contributed by atoms with Crippen LogP contribution in [0, 0.1) is 13.8 Å². The van der Waals surface area contributed by atoms with Gasteiger partial charge in [-0.2, -0.15) is 23.3 Å². The zero-order valence-corrected chi connectivity index (χ0v) is 25.1. The summed E-state index contributed by atoms with van der Waals surface area (Å²) < 4.78 is 77.9. The molecule has 0 saturated carbocycles. The molecule has 13 heteroatoms. The quantitative estimate of drug-likeness (QED) is 0.260. The van der Waals surface area contributed by atoms with Gasteiger partial charge in [0.25, 0.3) is 10.0 Å². The summed E-state index contributed by atoms with van der Waals surface area (Å²) in [5.74, 6) is -0.159. The van der Waals surface area contributed by atoms with Gasteiger partial charge in [0.2, 0.25) is 11.8 Å². The normalized spacial score (nSPS) is 15.0. The van der Waals surface area contributed by atoms with Crippen LogP contribution in [0.25, 0.3) is 11.3 Å². The third kappa shape index (κ3) is 7.16. The molecule has 0 amide bonds. The molecule has 3 heterocycles. The summed E-state index contributed by atoms with van der Waals surface area (Å²) in [6, 6.07) is 12.5. The Labute approximate surface area is 248 Å². The third-order valence-electron chi connectivity index (χ3n) is 7.57. The van der Waals surface area contributed by atoms with Crippen molar-refractivity contribution in [3.8, 4) is 22.9 Å². The van der Waals surface area contributed by atoms with Gasteiger partial charge in [-0.15, -0.1) is 0 Å². The van der Waals surface area contributed by atoms with E-state index in [4.69, 9.17) is 4.74 Å². The van der Waals surface area contributed by atoms with Gasteiger partial charge in [-0.1, -0.05) is 30.3 Å². The van der Waals surface area contributed by atoms with Crippen molar-refractivity contribution in [2.45, 2.75) is 50.1 Å². The summed E-state index contributed by atoms with van der Waals surface area (Å²) in [7, 11) is -0.562. The number of likely N-dealkylation sites (tertiary alicyclic amines) is 1. The third-order valence-corrected chi connectivity index (χ3v) is 8.85. The molecule has 5 rings (SSSR count). The van der Waals surface area contributed by atoms with Gasteiger partial charge < -0.3 is 9.64 Å². The maximum atomic E-state index is 14.0. The van der Waals surface area contributed by atoms with E-state index in [0.717, 1.165) is 37.7 Å². The first kappa shape index (κ1) is 30.5. The Balaban J connectivity index is 1.60. The molecule has 9 nitrogen and oxygen atoms in total. The highest BCUT2D eigenvalue weighted by molar-refractivity contribution is 7.92. The van der Waals surface area contributed by atoms with Crippen molar-refractivity contribution in [1.29, 1.82) is 0 Å². The largest absolute Gasteiger partial charge is 0.439 e. The van der Waals surface area contributed by atoms with Crippen LogP contribution in [-0.4, -0.2) is 59.4 Å². The minimum Gasteiger partial charge on any atom is -0.439 e. The Morgan fingerprint density at radius 3 is 2.23 bits per heavy atom. The van der Waals surface area contributed by atoms with Crippen LogP contribution < -0.4 is 9.46 Å². The molecule has 0 unspecified atom stereocenters. The van der Waals surface area contributed by atoms with Gasteiger partial charge >= 0.3 is 6.18 Å². The Bertz CT molecular complexity index is 1690. The standard InChI is InChI=1S/C30H33F3N6O3S/c1-19-6-5-7-20(2)26(19)27-25(16-30(31,32)33)28(36-29(35-27)37-43(40,41)24-17-34-39(4)18-24)42-23-10-8-21(9-11-23)22-12-14-38(3)15-13-22/h5-11,17-18,22H,12-16H2,1-4H3,(H,35,36,37). The van der Waals surface area contributed by atoms with Crippen LogP contribution in [0.5, 0.6) is 11.6 Å². The topological polar surface area (TPSA) is 102 Å². The van der Waals surface area contributed by atoms with Crippen LogP contribution in [-0.2, 0) is 23.5 Å². The number of piperidine rings is 1. The molecular weight excluding hydrogens is 581 g/mol. The summed E-state index contributed by atoms with van der Waals surface area (Å²) in [5.41, 5.74) is 2.53. The molecule has 0 spiro atoms. The Hall–Kier alpha value is -3.97. The number of sulfonamides is 1. The predicted octanol–water partition coefficient (Wildman–Crippen LogP) is 6.00. The minimum atomic E-state index is -4.62. The average molecular weight is 615 g/mol. The second-order valence-corrected chi connectivity index (χ2v) is 12.6. The number of aromatic nitrogens is 4. The number of hydrogen-bond donors (Lipinski definition) is 1. The van der Waals surface area contributed by atoms with Crippen molar-refractivity contribution in [1.82, 2.24) is 24.6 Å². The first-order valence-electron chi connectivity index (χ1n) is 13.8. The Kier molecular flexibility index (Phi) is 8.48. The van der Waals surface area contributed by atoms with Gasteiger partial charge in [0, 0.05) is 18.8 Å². The lowest BCUT2D eigenvalue weighted by molar-refractivity contribution is -0.127. The number of nitrogens with one attached hydrogen (secondary N) is 1. The lowest BCUT2D eigenvalue weighted by Gasteiger charge is -2.29. The van der Waals surface area contributed by atoms with E-state index in [0.29, 0.717) is 22.6 Å². The molecular formula is C30H33F3N6O3S. The van der Waals surface area contributed by atoms with E-state index in [9.17, 15) is 21.6 Å². The number of aryl methyl sites for hydroxylation is 3. The highest BCUT2D eigenvalue weighted by atomic mass is 32.2. The maximum Gasteiger partial charge on any atom is 0.393 e. The lowest BCUT2D eigenvalue weighted by atomic mass is 9.90. The van der Waals surface area contributed by atoms with Crippen molar-refractivity contribution in [3.63, 3.8) is 0 Å². The van der Waals surface area contributed by atoms with Gasteiger partial charge in [-0.25, -0.2) is 18.1 Å². The number of rotatable bonds is 8. The fraction of sp³-hybridized carbons (Fsp3) is 0.367. The molecule has 0 bridgehead atoms. The number of anilines is 1. The van der Waals surface area contributed by atoms with Crippen molar-refractivity contribution in [3.05, 3.63) is 77.1 Å². The van der Waals surface area contributed by atoms with Crippen molar-refractivity contribution in [2.75, 3.05) is 24.9 Å². The summed E-state index contributed by atoms with van der Waals surface area (Å²) in [4.78, 5) is 10.6. The monoisotopic (exact) mass is 614 g/mol. The number of alkyl halides is 3. The summed E-state index contributed by atoms with van der Waals surface area (Å²) in [5, 5.41) is 3.89. The zero-order valence-electron chi connectivity index (χ0n) is 24.3. The van der Waals surface area contributed by atoms with E-state index in [1.54, 1.807) is 51.2 Å². The summed E-state index contributed by atoms with van der Waals surface area (Å²) in [6.45, 7) is 5.49. The number of ether oxygens (including phenoxy) is 1. The number of nitrogens with zero attached hydrogens (tertiary/aromatic N) is 5. The van der Waals surface area contributed by atoms with E-state index >= 15 is 0 Å². The van der Waals surface area contributed by atoms with Crippen molar-refractivity contribution >= 4 is 16.0 Å². The van der Waals surface area contributed by atoms with E-state index in [-0.39, 0.29) is 27.8 Å². The molecule has 1 saturated heterocycles. The smallest absolute Gasteiger partial charge is 0.393 e. The lowest BCUT2D eigenvalue weighted by Crippen LogP contribution is -2.29. The fourth-order valence-electron chi connectivity index (χ4n) is 5.33. The van der Waals surface area contributed by atoms with Crippen molar-refractivity contribution in [2.24, 2.45) is 7.05 Å². The van der Waals surface area contributed by atoms with Crippen molar-refractivity contribution < 1.29 is 26.3 Å². The molecule has 1 aliphatic heterocycles. The van der Waals surface area contributed by atoms with Gasteiger partial charge in [0.05, 0.1) is 23.9 Å². The molecule has 4 aromatic rings. The fourth-order valence-corrected chi connectivity index (χ4v) is 6.25. The van der Waals surface area contributed by atoms with E-state index in [1.807, 2.05) is 12.1 Å². The first-order valence-corrected chi connectivity index (χ1v) is 15.3. The van der Waals surface area contributed by atoms with E-state index < -0.39 is 28.6 Å². The van der Waals surface area contributed by atoms with Gasteiger partial charge in [-0.05, 0) is 81.6 Å². The van der Waals surface area contributed by atoms with Gasteiger partial charge in [-0.3, -0.25) is 4.68 Å². The molecule has 1 fully saturated rings. The van der Waals surface area contributed by atoms with Crippen LogP contribution >= 0.6 is 0 Å². The molecule has 1 aliphatic rings. The molecule has 2 aromatic heterocycles. The molecule has 0 atom stereocenters. The van der Waals surface area contributed by atoms with Gasteiger partial charge in [0.15, 0.2) is 0 Å². The number of benzene rings is 2. The maximum absolute atomic E-state index is 14.0. The highest BCUT2D eigenvalue weighted by Crippen LogP contribution is 2.39. The van der Waals surface area contributed by atoms with Crippen LogP contribution in [0.1, 0.15) is 41.0 Å². The highest BCUT2D eigenvalue weighted by Gasteiger charge is 2.34. The summed E-state index contributed by atoms with van der Waals surface area (Å²) >= 11 is 0. The van der Waals surface area contributed by atoms with Crippen LogP contribution in [0.15, 0.2) is 59.8 Å². The first-order chi connectivity index (χ1) is 20.3. The molecule has 0 aliphatic carbocycles. The van der Waals surface area contributed by atoms with E-state index in [2.05, 4.69) is 31.7 Å². The van der Waals surface area contributed by atoms with Crippen LogP contribution in [0.4, 0.5) is 19.1 Å². The molecule has 2 aromatic carbocycles. The SMILES string of the molecule is Cc1cccc(C)c1-c1nc(NS(=O)(=O)c2cnn(C)c2)nc(Oc2ccc(C3CCN(C)CC3)cc2)c1CC(F)(F)F. The average Bonchev–Trinajstić information content (AvgIpc) is 3.38. The Morgan fingerprint density at radius 1 is 1.00 bits per heavy atom. The van der Waals surface area contributed by atoms with E-state index in [1.165, 1.54) is 10.9 Å². The second kappa shape index (κ2) is 12.0. The van der Waals surface area contributed by atoms with Crippen LogP contribution in [0.3, 0.4) is 0 Å². The predicted molar refractivity (Wildman–Crippen MR) is 157 cm³/mol. The molecule has 0 radical (unpaired) electrons. The number of hydrogen-bond acceptors (Lipinski definition) is 7. The zero-order chi connectivity index (χ0) is 30.9. The molecule has 228 valence electrons. The number of halogens is 3. The molecule has 43 heavy (non-hydrogen) atoms. The second-order valence-electron chi connectivity index (χ2n) is 10.9.